The Morgan fingerprint density at radius 2 is 1.92 bits per heavy atom. The Kier molecular flexibility index (Phi) is 1.13. The van der Waals surface area contributed by atoms with Crippen LogP contribution in [0.4, 0.5) is 0 Å². The highest BCUT2D eigenvalue weighted by molar-refractivity contribution is 5.94. The second-order valence-corrected chi connectivity index (χ2v) is 3.37. The molecule has 0 aliphatic heterocycles. The zero-order chi connectivity index (χ0) is 9.54. The molecule has 0 fully saturated rings. The first-order valence-corrected chi connectivity index (χ1v) is 4.54. The first-order valence-electron chi connectivity index (χ1n) is 5.04. The molecule has 0 radical (unpaired) electrons. The first kappa shape index (κ1) is 5.98. The minimum Gasteiger partial charge on any atom is -0.0795 e. The molecule has 0 spiro atoms. The van der Waals surface area contributed by atoms with Crippen LogP contribution < -0.4 is 0 Å². The summed E-state index contributed by atoms with van der Waals surface area (Å²) in [5.74, 6) is 0. The van der Waals surface area contributed by atoms with Gasteiger partial charge >= 0.3 is 0 Å². The fraction of sp³-hybridized carbons (Fsp3) is 0.0769. The number of allylic oxidation sites excluding steroid dienone is 1. The zero-order valence-electron chi connectivity index (χ0n) is 8.25. The van der Waals surface area contributed by atoms with Crippen molar-refractivity contribution in [3.05, 3.63) is 53.6 Å². The van der Waals surface area contributed by atoms with Crippen molar-refractivity contribution in [3.63, 3.8) is 0 Å². The van der Waals surface area contributed by atoms with Gasteiger partial charge in [-0.1, -0.05) is 48.5 Å². The largest absolute Gasteiger partial charge is 0.0795 e. The van der Waals surface area contributed by atoms with E-state index < -0.39 is 0 Å². The Hall–Kier alpha value is -1.56. The molecule has 0 nitrogen and oxygen atoms in total. The lowest BCUT2D eigenvalue weighted by Gasteiger charge is -2.11. The topological polar surface area (TPSA) is 0 Å². The Balaban J connectivity index is 2.52. The molecule has 0 unspecified atom stereocenters. The van der Waals surface area contributed by atoms with E-state index >= 15 is 0 Å². The van der Waals surface area contributed by atoms with Crippen molar-refractivity contribution in [2.24, 2.45) is 0 Å². The molecule has 0 saturated heterocycles. The maximum Gasteiger partial charge on any atom is 0.0626 e. The summed E-state index contributed by atoms with van der Waals surface area (Å²) in [6.45, 7) is 0. The molecular weight excluding hydrogens is 156 g/mol. The number of hydrogen-bond acceptors (Lipinski definition) is 0. The van der Waals surface area contributed by atoms with Crippen molar-refractivity contribution >= 4 is 16.8 Å². The van der Waals surface area contributed by atoms with Crippen LogP contribution in [0, 0.1) is 0 Å². The average Bonchev–Trinajstić information content (AvgIpc) is 2.24. The molecule has 0 heterocycles. The van der Waals surface area contributed by atoms with Crippen molar-refractivity contribution in [1.82, 2.24) is 0 Å². The predicted molar refractivity (Wildman–Crippen MR) is 56.7 cm³/mol. The summed E-state index contributed by atoms with van der Waals surface area (Å²) >= 11 is 0. The molecule has 0 aromatic heterocycles. The summed E-state index contributed by atoms with van der Waals surface area (Å²) in [6.07, 6.45) is 2.88. The van der Waals surface area contributed by atoms with E-state index in [4.69, 9.17) is 1.37 Å². The third kappa shape index (κ3) is 0.919. The summed E-state index contributed by atoms with van der Waals surface area (Å²) in [6, 6.07) is 13.2. The van der Waals surface area contributed by atoms with Gasteiger partial charge in [0, 0.05) is 0 Å². The van der Waals surface area contributed by atoms with E-state index in [1.54, 1.807) is 0 Å². The molecule has 13 heavy (non-hydrogen) atoms. The van der Waals surface area contributed by atoms with Crippen molar-refractivity contribution in [3.8, 4) is 0 Å². The lowest BCUT2D eigenvalue weighted by Crippen LogP contribution is -1.91. The number of rotatable bonds is 0. The van der Waals surface area contributed by atoms with E-state index in [2.05, 4.69) is 24.3 Å². The average molecular weight is 167 g/mol. The minimum atomic E-state index is 0.661. The summed E-state index contributed by atoms with van der Waals surface area (Å²) in [7, 11) is 0. The lowest BCUT2D eigenvalue weighted by molar-refractivity contribution is 1.29. The van der Waals surface area contributed by atoms with Gasteiger partial charge in [0.15, 0.2) is 0 Å². The van der Waals surface area contributed by atoms with Gasteiger partial charge in [0.05, 0.1) is 1.37 Å². The molecule has 2 aromatic carbocycles. The Morgan fingerprint density at radius 3 is 2.85 bits per heavy atom. The van der Waals surface area contributed by atoms with Gasteiger partial charge in [-0.2, -0.15) is 0 Å². The molecule has 2 aromatic rings. The van der Waals surface area contributed by atoms with Crippen molar-refractivity contribution in [2.75, 3.05) is 0 Å². The molecule has 1 aliphatic carbocycles. The second kappa shape index (κ2) is 2.46. The van der Waals surface area contributed by atoms with Gasteiger partial charge in [0.2, 0.25) is 0 Å². The molecule has 62 valence electrons. The molecule has 0 atom stereocenters. The van der Waals surface area contributed by atoms with Gasteiger partial charge in [0.25, 0.3) is 0 Å². The van der Waals surface area contributed by atoms with Crippen LogP contribution in [0.1, 0.15) is 12.5 Å². The summed E-state index contributed by atoms with van der Waals surface area (Å²) < 4.78 is 7.85. The minimum absolute atomic E-state index is 0.661. The normalized spacial score (nSPS) is 15.4. The maximum absolute atomic E-state index is 7.85. The van der Waals surface area contributed by atoms with Crippen LogP contribution in [0.5, 0.6) is 0 Å². The van der Waals surface area contributed by atoms with Gasteiger partial charge in [-0.05, 0) is 28.3 Å². The number of benzene rings is 2. The van der Waals surface area contributed by atoms with Crippen molar-refractivity contribution < 1.29 is 1.37 Å². The van der Waals surface area contributed by atoms with Crippen LogP contribution in [-0.2, 0) is 6.42 Å². The van der Waals surface area contributed by atoms with Crippen molar-refractivity contribution in [1.29, 1.82) is 0 Å². The van der Waals surface area contributed by atoms with Crippen LogP contribution in [0.2, 0.25) is 0 Å². The zero-order valence-corrected chi connectivity index (χ0v) is 7.25. The third-order valence-corrected chi connectivity index (χ3v) is 2.57. The standard InChI is InChI=1S/C13H10/c1-4-10-6-2-8-12-9-3-7-11(5-1)13(10)12/h1-8H,9H2/i7D. The second-order valence-electron chi connectivity index (χ2n) is 3.37. The van der Waals surface area contributed by atoms with E-state index in [1.165, 1.54) is 16.3 Å². The van der Waals surface area contributed by atoms with E-state index in [0.29, 0.717) is 6.05 Å². The van der Waals surface area contributed by atoms with E-state index in [1.807, 2.05) is 18.2 Å². The summed E-state index contributed by atoms with van der Waals surface area (Å²) in [5.41, 5.74) is 2.42. The Labute approximate surface area is 78.9 Å². The molecule has 0 heteroatoms. The fourth-order valence-electron chi connectivity index (χ4n) is 1.98. The smallest absolute Gasteiger partial charge is 0.0626 e. The first-order chi connectivity index (χ1) is 6.86. The lowest BCUT2D eigenvalue weighted by atomic mass is 9.93. The molecular formula is C13H10. The summed E-state index contributed by atoms with van der Waals surface area (Å²) in [5, 5.41) is 2.51. The van der Waals surface area contributed by atoms with Crippen LogP contribution in [0.3, 0.4) is 0 Å². The highest BCUT2D eigenvalue weighted by Crippen LogP contribution is 2.27. The highest BCUT2D eigenvalue weighted by Gasteiger charge is 2.06. The molecule has 3 rings (SSSR count). The van der Waals surface area contributed by atoms with Crippen molar-refractivity contribution in [2.45, 2.75) is 6.42 Å². The molecule has 0 bridgehead atoms. The Bertz CT molecular complexity index is 533. The quantitative estimate of drug-likeness (QED) is 0.564. The molecule has 1 aliphatic rings. The SMILES string of the molecule is [2H]C1=CCc2cccc3cccc1c23. The molecule has 0 amide bonds. The van der Waals surface area contributed by atoms with Gasteiger partial charge in [-0.3, -0.25) is 0 Å². The number of hydrogen-bond donors (Lipinski definition) is 0. The van der Waals surface area contributed by atoms with E-state index in [-0.39, 0.29) is 0 Å². The predicted octanol–water partition coefficient (Wildman–Crippen LogP) is 3.41. The molecule has 0 N–H and O–H groups in total. The maximum atomic E-state index is 7.85. The van der Waals surface area contributed by atoms with Crippen LogP contribution in [0.25, 0.3) is 16.8 Å². The van der Waals surface area contributed by atoms with E-state index in [9.17, 15) is 0 Å². The Morgan fingerprint density at radius 1 is 1.08 bits per heavy atom. The van der Waals surface area contributed by atoms with Gasteiger partial charge in [0.1, 0.15) is 0 Å². The van der Waals surface area contributed by atoms with Crippen LogP contribution >= 0.6 is 0 Å². The monoisotopic (exact) mass is 167 g/mol. The van der Waals surface area contributed by atoms with Crippen LogP contribution in [0.15, 0.2) is 42.5 Å². The van der Waals surface area contributed by atoms with Crippen LogP contribution in [-0.4, -0.2) is 0 Å². The molecule has 0 saturated carbocycles. The third-order valence-electron chi connectivity index (χ3n) is 2.57. The highest BCUT2D eigenvalue weighted by atomic mass is 14.1. The van der Waals surface area contributed by atoms with Gasteiger partial charge < -0.3 is 0 Å². The van der Waals surface area contributed by atoms with E-state index in [0.717, 1.165) is 12.0 Å². The van der Waals surface area contributed by atoms with Gasteiger partial charge in [-0.15, -0.1) is 0 Å². The van der Waals surface area contributed by atoms with Gasteiger partial charge in [-0.25, -0.2) is 0 Å². The fourth-order valence-corrected chi connectivity index (χ4v) is 1.98. The summed E-state index contributed by atoms with van der Waals surface area (Å²) in [4.78, 5) is 0.